The maximum Gasteiger partial charge on any atom is 0.421 e. The van der Waals surface area contributed by atoms with Crippen LogP contribution in [0.5, 0.6) is 0 Å². The van der Waals surface area contributed by atoms with Crippen LogP contribution in [-0.2, 0) is 19.7 Å². The first-order valence-electron chi connectivity index (χ1n) is 6.94. The smallest absolute Gasteiger partial charge is 0.421 e. The fourth-order valence-corrected chi connectivity index (χ4v) is 3.44. The predicted molar refractivity (Wildman–Crippen MR) is 74.9 cm³/mol. The lowest BCUT2D eigenvalue weighted by Crippen LogP contribution is -2.46. The number of ether oxygens (including phenoxy) is 1. The topological polar surface area (TPSA) is 122 Å². The lowest BCUT2D eigenvalue weighted by atomic mass is 9.72. The molecule has 3 N–H and O–H groups in total. The average Bonchev–Trinajstić information content (AvgIpc) is 2.37. The number of amides is 1. The van der Waals surface area contributed by atoms with E-state index in [2.05, 4.69) is 9.46 Å². The van der Waals surface area contributed by atoms with E-state index in [-0.39, 0.29) is 19.6 Å². The highest BCUT2D eigenvalue weighted by Crippen LogP contribution is 2.38. The summed E-state index contributed by atoms with van der Waals surface area (Å²) in [5, 5.41) is 9.01. The molecule has 0 aliphatic heterocycles. The molecule has 1 saturated carbocycles. The van der Waals surface area contributed by atoms with Crippen LogP contribution in [0.25, 0.3) is 0 Å². The fraction of sp³-hybridized carbons (Fsp3) is 0.833. The molecule has 1 fully saturated rings. The number of aliphatic carboxylic acids is 1. The van der Waals surface area contributed by atoms with Gasteiger partial charge in [-0.05, 0) is 25.2 Å². The van der Waals surface area contributed by atoms with Gasteiger partial charge in [-0.25, -0.2) is 9.52 Å². The highest BCUT2D eigenvalue weighted by molar-refractivity contribution is 7.88. The van der Waals surface area contributed by atoms with Crippen LogP contribution in [0.1, 0.15) is 45.4 Å². The Bertz CT molecular complexity index is 470. The van der Waals surface area contributed by atoms with Gasteiger partial charge in [0.15, 0.2) is 0 Å². The van der Waals surface area contributed by atoms with Crippen molar-refractivity contribution >= 4 is 22.3 Å². The summed E-state index contributed by atoms with van der Waals surface area (Å²) in [6.45, 7) is 1.61. The zero-order chi connectivity index (χ0) is 15.9. The Labute approximate surface area is 124 Å². The van der Waals surface area contributed by atoms with E-state index in [9.17, 15) is 18.0 Å². The zero-order valence-electron chi connectivity index (χ0n) is 12.1. The van der Waals surface area contributed by atoms with E-state index in [0.29, 0.717) is 12.8 Å². The summed E-state index contributed by atoms with van der Waals surface area (Å²) in [6.07, 6.45) is 2.94. The van der Waals surface area contributed by atoms with Crippen LogP contribution < -0.4 is 9.44 Å². The molecule has 0 unspecified atom stereocenters. The van der Waals surface area contributed by atoms with Crippen molar-refractivity contribution in [3.8, 4) is 0 Å². The molecule has 0 aromatic heterocycles. The second kappa shape index (κ2) is 7.60. The molecule has 0 heterocycles. The molecule has 21 heavy (non-hydrogen) atoms. The summed E-state index contributed by atoms with van der Waals surface area (Å²) in [5.74, 6) is -0.950. The lowest BCUT2D eigenvalue weighted by Gasteiger charge is -2.36. The highest BCUT2D eigenvalue weighted by atomic mass is 32.2. The minimum absolute atomic E-state index is 0.00591. The van der Waals surface area contributed by atoms with Crippen molar-refractivity contribution in [2.45, 2.75) is 45.4 Å². The van der Waals surface area contributed by atoms with Gasteiger partial charge in [0.05, 0.1) is 13.0 Å². The van der Waals surface area contributed by atoms with Crippen LogP contribution in [0.3, 0.4) is 0 Å². The van der Waals surface area contributed by atoms with E-state index in [1.165, 1.54) is 0 Å². The van der Waals surface area contributed by atoms with Crippen molar-refractivity contribution in [2.75, 3.05) is 13.2 Å². The van der Waals surface area contributed by atoms with Crippen LogP contribution in [0.2, 0.25) is 0 Å². The van der Waals surface area contributed by atoms with Gasteiger partial charge in [0, 0.05) is 6.54 Å². The van der Waals surface area contributed by atoms with Crippen molar-refractivity contribution in [1.82, 2.24) is 9.44 Å². The Morgan fingerprint density at radius 2 is 1.86 bits per heavy atom. The highest BCUT2D eigenvalue weighted by Gasteiger charge is 2.35. The molecule has 0 saturated heterocycles. The maximum atomic E-state index is 11.7. The number of hydrogen-bond acceptors (Lipinski definition) is 5. The molecular weight excluding hydrogens is 300 g/mol. The van der Waals surface area contributed by atoms with Gasteiger partial charge in [-0.15, -0.1) is 0 Å². The number of carbonyl (C=O) groups excluding carboxylic acids is 1. The summed E-state index contributed by atoms with van der Waals surface area (Å²) < 4.78 is 31.9. The Morgan fingerprint density at radius 3 is 2.38 bits per heavy atom. The average molecular weight is 322 g/mol. The van der Waals surface area contributed by atoms with Crippen LogP contribution >= 0.6 is 0 Å². The minimum Gasteiger partial charge on any atom is -0.481 e. The summed E-state index contributed by atoms with van der Waals surface area (Å²) in [7, 11) is -4.04. The van der Waals surface area contributed by atoms with Crippen molar-refractivity contribution in [2.24, 2.45) is 5.41 Å². The molecule has 0 atom stereocenters. The lowest BCUT2D eigenvalue weighted by molar-refractivity contribution is -0.140. The van der Waals surface area contributed by atoms with E-state index in [0.717, 1.165) is 19.3 Å². The van der Waals surface area contributed by atoms with Crippen LogP contribution in [0.15, 0.2) is 0 Å². The molecule has 0 bridgehead atoms. The predicted octanol–water partition coefficient (Wildman–Crippen LogP) is 0.992. The van der Waals surface area contributed by atoms with Crippen molar-refractivity contribution < 1.29 is 27.9 Å². The number of carboxylic acids is 1. The van der Waals surface area contributed by atoms with Gasteiger partial charge in [0.2, 0.25) is 0 Å². The van der Waals surface area contributed by atoms with E-state index in [1.807, 2.05) is 0 Å². The number of rotatable bonds is 7. The number of hydrogen-bond donors (Lipinski definition) is 3. The van der Waals surface area contributed by atoms with Crippen LogP contribution in [0.4, 0.5) is 4.79 Å². The van der Waals surface area contributed by atoms with E-state index < -0.39 is 27.7 Å². The third-order valence-electron chi connectivity index (χ3n) is 3.57. The van der Waals surface area contributed by atoms with Gasteiger partial charge in [0.1, 0.15) is 0 Å². The van der Waals surface area contributed by atoms with Gasteiger partial charge in [-0.3, -0.25) is 4.79 Å². The first-order chi connectivity index (χ1) is 9.79. The molecular formula is C12H22N2O6S. The molecule has 8 nitrogen and oxygen atoms in total. The fourth-order valence-electron chi connectivity index (χ4n) is 2.59. The van der Waals surface area contributed by atoms with E-state index in [1.54, 1.807) is 11.6 Å². The van der Waals surface area contributed by atoms with Gasteiger partial charge < -0.3 is 9.84 Å². The van der Waals surface area contributed by atoms with Crippen LogP contribution in [0, 0.1) is 5.41 Å². The molecule has 1 rings (SSSR count). The second-order valence-electron chi connectivity index (χ2n) is 5.28. The minimum atomic E-state index is -4.04. The monoisotopic (exact) mass is 322 g/mol. The number of nitrogens with one attached hydrogen (secondary N) is 2. The van der Waals surface area contributed by atoms with Crippen molar-refractivity contribution in [3.63, 3.8) is 0 Å². The molecule has 9 heteroatoms. The maximum absolute atomic E-state index is 11.7. The van der Waals surface area contributed by atoms with Crippen molar-refractivity contribution in [3.05, 3.63) is 0 Å². The standard InChI is InChI=1S/C12H22N2O6S/c1-2-20-11(17)14-21(18,19)13-9-12(8-10(15)16)6-4-3-5-7-12/h13H,2-9H2,1H3,(H,14,17)(H,15,16). The largest absolute Gasteiger partial charge is 0.481 e. The Hall–Kier alpha value is -1.35. The van der Waals surface area contributed by atoms with E-state index >= 15 is 0 Å². The normalized spacial score (nSPS) is 18.0. The molecule has 0 aromatic carbocycles. The summed E-state index contributed by atoms with van der Waals surface area (Å²) in [5.41, 5.74) is -0.590. The Morgan fingerprint density at radius 1 is 1.24 bits per heavy atom. The third kappa shape index (κ3) is 6.30. The zero-order valence-corrected chi connectivity index (χ0v) is 12.9. The molecule has 1 amide bonds. The number of carbonyl (C=O) groups is 2. The van der Waals surface area contributed by atoms with Crippen LogP contribution in [-0.4, -0.2) is 38.7 Å². The molecule has 122 valence electrons. The number of carboxylic acid groups (broad SMARTS) is 1. The van der Waals surface area contributed by atoms with Gasteiger partial charge in [-0.1, -0.05) is 19.3 Å². The molecule has 0 radical (unpaired) electrons. The SMILES string of the molecule is CCOC(=O)NS(=O)(=O)NCC1(CC(=O)O)CCCCC1. The molecule has 1 aliphatic carbocycles. The first kappa shape index (κ1) is 17.7. The van der Waals surface area contributed by atoms with Gasteiger partial charge in [0.25, 0.3) is 0 Å². The molecule has 0 spiro atoms. The molecule has 0 aromatic rings. The van der Waals surface area contributed by atoms with Gasteiger partial charge in [-0.2, -0.15) is 13.1 Å². The second-order valence-corrected chi connectivity index (χ2v) is 6.78. The van der Waals surface area contributed by atoms with Gasteiger partial charge >= 0.3 is 22.3 Å². The van der Waals surface area contributed by atoms with E-state index in [4.69, 9.17) is 5.11 Å². The Balaban J connectivity index is 2.63. The Kier molecular flexibility index (Phi) is 6.41. The third-order valence-corrected chi connectivity index (χ3v) is 4.53. The summed E-state index contributed by atoms with van der Waals surface area (Å²) in [4.78, 5) is 22.1. The first-order valence-corrected chi connectivity index (χ1v) is 8.43. The molecule has 1 aliphatic rings. The summed E-state index contributed by atoms with van der Waals surface area (Å²) in [6, 6.07) is 0. The summed E-state index contributed by atoms with van der Waals surface area (Å²) >= 11 is 0. The van der Waals surface area contributed by atoms with Crippen molar-refractivity contribution in [1.29, 1.82) is 0 Å². The quantitative estimate of drug-likeness (QED) is 0.642.